The number of allylic oxidation sites excluding steroid dienone is 2. The number of carbonyl (C=O) groups excluding carboxylic acids is 2. The van der Waals surface area contributed by atoms with Crippen LogP contribution in [-0.4, -0.2) is 65.0 Å². The Morgan fingerprint density at radius 2 is 1.63 bits per heavy atom. The number of nitrogens with zero attached hydrogens (tertiary/aromatic N) is 1. The lowest BCUT2D eigenvalue weighted by Crippen LogP contribution is -3.11. The molecule has 4 saturated carbocycles. The molecule has 0 aromatic heterocycles. The molecule has 5 fully saturated rings. The second kappa shape index (κ2) is 12.9. The molecule has 9 aliphatic rings. The summed E-state index contributed by atoms with van der Waals surface area (Å²) in [5, 5.41) is 25.7. The van der Waals surface area contributed by atoms with Gasteiger partial charge in [-0.1, -0.05) is 76.8 Å². The minimum absolute atomic E-state index is 0.0583. The maximum absolute atomic E-state index is 15.2. The summed E-state index contributed by atoms with van der Waals surface area (Å²) in [4.78, 5) is 35.9. The number of aliphatic hydroxyl groups excluding tert-OH is 2. The van der Waals surface area contributed by atoms with Gasteiger partial charge in [-0.3, -0.25) is 19.5 Å². The van der Waals surface area contributed by atoms with Crippen LogP contribution in [0, 0.1) is 64.1 Å². The molecular formula is C52H71N2O5+. The van der Waals surface area contributed by atoms with E-state index in [1.54, 1.807) is 0 Å². The fourth-order valence-electron chi connectivity index (χ4n) is 16.9. The molecule has 10 rings (SSSR count). The predicted molar refractivity (Wildman–Crippen MR) is 231 cm³/mol. The summed E-state index contributed by atoms with van der Waals surface area (Å²) in [6, 6.07) is 6.84. The van der Waals surface area contributed by atoms with Gasteiger partial charge >= 0.3 is 0 Å². The van der Waals surface area contributed by atoms with Gasteiger partial charge in [0.15, 0.2) is 11.5 Å². The van der Waals surface area contributed by atoms with Crippen molar-refractivity contribution in [2.24, 2.45) is 55.2 Å². The smallest absolute Gasteiger partial charge is 0.160 e. The molecule has 3 aliphatic heterocycles. The first-order chi connectivity index (χ1) is 27.7. The van der Waals surface area contributed by atoms with E-state index in [9.17, 15) is 15.0 Å². The Bertz CT molecular complexity index is 2140. The number of ketones is 2. The third-order valence-electron chi connectivity index (χ3n) is 19.7. The normalized spacial score (nSPS) is 45.1. The lowest BCUT2D eigenvalue weighted by molar-refractivity contribution is -0.856. The van der Waals surface area contributed by atoms with E-state index in [-0.39, 0.29) is 45.6 Å². The van der Waals surface area contributed by atoms with Crippen LogP contribution >= 0.6 is 0 Å². The van der Waals surface area contributed by atoms with E-state index < -0.39 is 28.5 Å². The number of fused-ring (bicyclic) bond motifs is 5. The number of carbonyl (C=O) groups is 2. The topological polar surface area (TPSA) is 104 Å². The van der Waals surface area contributed by atoms with Crippen LogP contribution in [0.3, 0.4) is 0 Å². The first-order valence-electron chi connectivity index (χ1n) is 23.5. The van der Waals surface area contributed by atoms with E-state index in [2.05, 4.69) is 72.7 Å². The van der Waals surface area contributed by atoms with Crippen molar-refractivity contribution in [1.29, 1.82) is 0 Å². The number of epoxide rings is 1. The van der Waals surface area contributed by atoms with Crippen molar-refractivity contribution < 1.29 is 29.4 Å². The van der Waals surface area contributed by atoms with Gasteiger partial charge in [0.25, 0.3) is 0 Å². The van der Waals surface area contributed by atoms with Crippen molar-refractivity contribution in [3.63, 3.8) is 0 Å². The van der Waals surface area contributed by atoms with E-state index in [0.717, 1.165) is 69.2 Å². The van der Waals surface area contributed by atoms with Gasteiger partial charge in [0.2, 0.25) is 0 Å². The molecule has 6 aliphatic carbocycles. The number of ether oxygens (including phenoxy) is 1. The zero-order chi connectivity index (χ0) is 41.9. The molecule has 318 valence electrons. The Balaban J connectivity index is 1.10. The van der Waals surface area contributed by atoms with E-state index in [1.807, 2.05) is 20.1 Å². The summed E-state index contributed by atoms with van der Waals surface area (Å²) in [7, 11) is 0. The third kappa shape index (κ3) is 5.41. The summed E-state index contributed by atoms with van der Waals surface area (Å²) >= 11 is 0. The van der Waals surface area contributed by atoms with E-state index in [4.69, 9.17) is 9.73 Å². The number of rotatable bonds is 8. The number of hydrogen-bond acceptors (Lipinski definition) is 6. The van der Waals surface area contributed by atoms with Crippen LogP contribution < -0.4 is 4.90 Å². The monoisotopic (exact) mass is 804 g/mol. The SMILES string of the molecule is Cc1cc(C)cc(CC2=C3N=CC=C3[NH+](C[C@]34CC[C@@](C)(C[C@@H](O)[C@@H]5OC5(C)C)C5=C3[C@](C)(CC5=O)[C@]3(C)CC[C@H]5[C@@](C)(CCC(=O)[C@@]5(C)C5CCCC5)[C@H]3[C@@H]4O)C2)c1. The van der Waals surface area contributed by atoms with Gasteiger partial charge < -0.3 is 14.9 Å². The summed E-state index contributed by atoms with van der Waals surface area (Å²) in [6.45, 7) is 21.9. The highest BCUT2D eigenvalue weighted by Crippen LogP contribution is 2.79. The molecule has 0 spiro atoms. The van der Waals surface area contributed by atoms with E-state index in [0.29, 0.717) is 37.5 Å². The Morgan fingerprint density at radius 3 is 2.31 bits per heavy atom. The second-order valence-corrected chi connectivity index (χ2v) is 23.4. The molecule has 0 radical (unpaired) electrons. The number of aryl methyl sites for hydroxylation is 2. The number of aliphatic imine (C=N–C) groups is 1. The molecule has 1 aromatic rings. The average molecular weight is 804 g/mol. The number of nitrogens with one attached hydrogen (secondary N) is 1. The first-order valence-corrected chi connectivity index (χ1v) is 23.5. The molecule has 12 atom stereocenters. The zero-order valence-corrected chi connectivity index (χ0v) is 37.5. The summed E-state index contributed by atoms with van der Waals surface area (Å²) < 4.78 is 5.98. The third-order valence-corrected chi connectivity index (χ3v) is 19.7. The summed E-state index contributed by atoms with van der Waals surface area (Å²) in [6.07, 6.45) is 13.8. The summed E-state index contributed by atoms with van der Waals surface area (Å²) in [5.41, 5.74) is 6.72. The highest BCUT2D eigenvalue weighted by Gasteiger charge is 2.78. The molecule has 7 nitrogen and oxygen atoms in total. The Kier molecular flexibility index (Phi) is 8.84. The van der Waals surface area contributed by atoms with Crippen LogP contribution in [-0.2, 0) is 20.7 Å². The number of benzene rings is 1. The highest BCUT2D eigenvalue weighted by molar-refractivity contribution is 6.02. The number of quaternary nitrogens is 1. The van der Waals surface area contributed by atoms with Crippen LogP contribution in [0.2, 0.25) is 0 Å². The van der Waals surface area contributed by atoms with Gasteiger partial charge in [0.05, 0.1) is 29.8 Å². The molecular weight excluding hydrogens is 733 g/mol. The lowest BCUT2D eigenvalue weighted by Gasteiger charge is -2.73. The molecule has 3 N–H and O–H groups in total. The van der Waals surface area contributed by atoms with Crippen molar-refractivity contribution in [1.82, 2.24) is 0 Å². The van der Waals surface area contributed by atoms with Crippen molar-refractivity contribution in [3.8, 4) is 0 Å². The van der Waals surface area contributed by atoms with Crippen molar-refractivity contribution >= 4 is 17.8 Å². The van der Waals surface area contributed by atoms with Crippen LogP contribution in [0.4, 0.5) is 0 Å². The quantitative estimate of drug-likeness (QED) is 0.232. The lowest BCUT2D eigenvalue weighted by atomic mass is 9.31. The summed E-state index contributed by atoms with van der Waals surface area (Å²) in [5.74, 6) is 1.25. The van der Waals surface area contributed by atoms with Gasteiger partial charge in [0, 0.05) is 53.5 Å². The van der Waals surface area contributed by atoms with Gasteiger partial charge in [0.1, 0.15) is 24.1 Å². The number of Topliss-reactive ketones (excluding diaryl/α,β-unsaturated/α-hetero) is 2. The van der Waals surface area contributed by atoms with Gasteiger partial charge in [-0.25, -0.2) is 0 Å². The fourth-order valence-corrected chi connectivity index (χ4v) is 16.9. The van der Waals surface area contributed by atoms with Crippen molar-refractivity contribution in [2.45, 2.75) is 170 Å². The maximum atomic E-state index is 15.2. The molecule has 59 heavy (non-hydrogen) atoms. The Labute approximate surface area is 353 Å². The van der Waals surface area contributed by atoms with Gasteiger partial charge in [-0.05, 0) is 124 Å². The predicted octanol–water partition coefficient (Wildman–Crippen LogP) is 7.93. The Morgan fingerprint density at radius 1 is 0.932 bits per heavy atom. The Hall–Kier alpha value is -2.71. The van der Waals surface area contributed by atoms with Gasteiger partial charge in [-0.15, -0.1) is 0 Å². The average Bonchev–Trinajstić information content (AvgIpc) is 3.73. The van der Waals surface area contributed by atoms with E-state index >= 15 is 4.79 Å². The largest absolute Gasteiger partial charge is 0.392 e. The zero-order valence-electron chi connectivity index (χ0n) is 37.5. The molecule has 1 saturated heterocycles. The standard InChI is InChI=1S/C52H70N2O5/c1-30-22-31(2)24-32(23-30)25-33-28-54(35-16-21-53-41(33)35)29-52-20-19-47(5,26-37(56)45-46(3,4)59-45)40-36(55)27-50(8,42(40)52)49(7)18-14-38-48(6,43(49)44(52)58)17-15-39(57)51(38,9)34-12-10-11-13-34/h16,21-24,34,37-38,43-45,56,58H,10-15,17-20,25-29H2,1-9H3/p+1/t37-,38+,43-,44+,45+,47+,48-,49-,50+,51+,52-/m1/s1. The number of hydrogen-bond donors (Lipinski definition) is 3. The van der Waals surface area contributed by atoms with Crippen LogP contribution in [0.5, 0.6) is 0 Å². The minimum atomic E-state index is -0.673. The highest BCUT2D eigenvalue weighted by atomic mass is 16.6. The minimum Gasteiger partial charge on any atom is -0.392 e. The van der Waals surface area contributed by atoms with Crippen molar-refractivity contribution in [3.05, 3.63) is 69.1 Å². The second-order valence-electron chi connectivity index (χ2n) is 23.4. The fraction of sp³-hybridized carbons (Fsp3) is 0.712. The van der Waals surface area contributed by atoms with Crippen LogP contribution in [0.1, 0.15) is 142 Å². The maximum Gasteiger partial charge on any atom is 0.160 e. The first kappa shape index (κ1) is 40.4. The van der Waals surface area contributed by atoms with Crippen LogP contribution in [0.25, 0.3) is 0 Å². The molecule has 0 bridgehead atoms. The molecule has 7 heteroatoms. The number of aliphatic hydroxyl groups is 2. The molecule has 0 amide bonds. The molecule has 1 aromatic carbocycles. The van der Waals surface area contributed by atoms with Crippen LogP contribution in [0.15, 0.2) is 57.4 Å². The van der Waals surface area contributed by atoms with Gasteiger partial charge in [-0.2, -0.15) is 0 Å². The van der Waals surface area contributed by atoms with Crippen molar-refractivity contribution in [2.75, 3.05) is 13.1 Å². The molecule has 3 heterocycles. The molecule has 1 unspecified atom stereocenters. The van der Waals surface area contributed by atoms with E-state index in [1.165, 1.54) is 51.3 Å².